The maximum Gasteiger partial charge on any atom is 0.258 e. The van der Waals surface area contributed by atoms with Crippen molar-refractivity contribution < 1.29 is 9.53 Å². The Labute approximate surface area is 129 Å². The number of anilines is 2. The molecule has 2 rings (SSSR count). The monoisotopic (exact) mass is 312 g/mol. The zero-order valence-corrected chi connectivity index (χ0v) is 13.8. The van der Waals surface area contributed by atoms with Crippen molar-refractivity contribution >= 4 is 28.3 Å². The molecule has 1 aliphatic rings. The summed E-state index contributed by atoms with van der Waals surface area (Å²) in [4.78, 5) is 12.2. The predicted octanol–water partition coefficient (Wildman–Crippen LogP) is 2.23. The Balaban J connectivity index is 2.12. The summed E-state index contributed by atoms with van der Waals surface area (Å²) in [6, 6.07) is 0.325. The van der Waals surface area contributed by atoms with Crippen molar-refractivity contribution in [3.63, 3.8) is 0 Å². The topological polar surface area (TPSA) is 89.3 Å². The summed E-state index contributed by atoms with van der Waals surface area (Å²) >= 11 is 1.24. The molecule has 7 heteroatoms. The minimum atomic E-state index is -0.176. The van der Waals surface area contributed by atoms with E-state index in [4.69, 9.17) is 10.5 Å². The number of nitrogens with zero attached hydrogens (tertiary/aromatic N) is 1. The molecular weight excluding hydrogens is 288 g/mol. The summed E-state index contributed by atoms with van der Waals surface area (Å²) in [5.41, 5.74) is 6.16. The summed E-state index contributed by atoms with van der Waals surface area (Å²) in [5.74, 6) is 0.108. The van der Waals surface area contributed by atoms with Gasteiger partial charge in [-0.15, -0.1) is 0 Å². The highest BCUT2D eigenvalue weighted by atomic mass is 32.1. The molecule has 0 aliphatic carbocycles. The van der Waals surface area contributed by atoms with Crippen LogP contribution < -0.4 is 16.4 Å². The normalized spacial score (nSPS) is 21.3. The van der Waals surface area contributed by atoms with E-state index in [9.17, 15) is 4.79 Å². The molecule has 1 aromatic rings. The summed E-state index contributed by atoms with van der Waals surface area (Å²) in [6.45, 7) is 8.71. The third-order valence-electron chi connectivity index (χ3n) is 3.40. The first-order chi connectivity index (χ1) is 9.78. The van der Waals surface area contributed by atoms with E-state index in [1.807, 2.05) is 13.8 Å². The van der Waals surface area contributed by atoms with E-state index >= 15 is 0 Å². The summed E-state index contributed by atoms with van der Waals surface area (Å²) in [6.07, 6.45) is 1.79. The number of rotatable bonds is 4. The largest absolute Gasteiger partial charge is 0.382 e. The molecule has 6 nitrogen and oxygen atoms in total. The van der Waals surface area contributed by atoms with Gasteiger partial charge < -0.3 is 21.1 Å². The fourth-order valence-corrected chi connectivity index (χ4v) is 3.28. The third kappa shape index (κ3) is 4.07. The molecule has 1 fully saturated rings. The van der Waals surface area contributed by atoms with Gasteiger partial charge in [-0.05, 0) is 52.1 Å². The van der Waals surface area contributed by atoms with Gasteiger partial charge in [-0.25, -0.2) is 0 Å². The molecule has 118 valence electrons. The van der Waals surface area contributed by atoms with Gasteiger partial charge in [0.25, 0.3) is 5.91 Å². The second-order valence-corrected chi connectivity index (χ2v) is 7.12. The van der Waals surface area contributed by atoms with E-state index < -0.39 is 0 Å². The number of nitrogen functional groups attached to an aromatic ring is 1. The molecule has 1 unspecified atom stereocenters. The molecule has 4 N–H and O–H groups in total. The fourth-order valence-electron chi connectivity index (χ4n) is 2.50. The van der Waals surface area contributed by atoms with Crippen LogP contribution in [0, 0.1) is 0 Å². The van der Waals surface area contributed by atoms with Gasteiger partial charge in [0.1, 0.15) is 10.6 Å². The highest BCUT2D eigenvalue weighted by molar-refractivity contribution is 7.11. The number of nitrogens with one attached hydrogen (secondary N) is 2. The highest BCUT2D eigenvalue weighted by Crippen LogP contribution is 2.31. The summed E-state index contributed by atoms with van der Waals surface area (Å²) < 4.78 is 9.82. The number of amides is 1. The van der Waals surface area contributed by atoms with Gasteiger partial charge in [0.2, 0.25) is 0 Å². The number of ether oxygens (including phenoxy) is 1. The van der Waals surface area contributed by atoms with Gasteiger partial charge in [-0.2, -0.15) is 4.37 Å². The van der Waals surface area contributed by atoms with Crippen LogP contribution in [0.1, 0.15) is 50.9 Å². The van der Waals surface area contributed by atoms with E-state index in [-0.39, 0.29) is 29.4 Å². The van der Waals surface area contributed by atoms with Crippen LogP contribution in [0.3, 0.4) is 0 Å². The van der Waals surface area contributed by atoms with Crippen LogP contribution >= 0.6 is 11.5 Å². The average Bonchev–Trinajstić information content (AvgIpc) is 2.68. The Morgan fingerprint density at radius 1 is 1.52 bits per heavy atom. The van der Waals surface area contributed by atoms with E-state index in [2.05, 4.69) is 28.9 Å². The van der Waals surface area contributed by atoms with Crippen molar-refractivity contribution in [2.45, 2.75) is 58.2 Å². The molecule has 0 saturated carbocycles. The second-order valence-electron chi connectivity index (χ2n) is 6.34. The van der Waals surface area contributed by atoms with Crippen molar-refractivity contribution in [1.29, 1.82) is 0 Å². The van der Waals surface area contributed by atoms with Crippen LogP contribution in [-0.2, 0) is 4.74 Å². The lowest BCUT2D eigenvalue weighted by Gasteiger charge is -2.36. The Kier molecular flexibility index (Phi) is 4.73. The average molecular weight is 312 g/mol. The number of nitrogens with two attached hydrogens (primary N) is 1. The van der Waals surface area contributed by atoms with Crippen molar-refractivity contribution in [1.82, 2.24) is 9.69 Å². The van der Waals surface area contributed by atoms with Gasteiger partial charge in [-0.3, -0.25) is 4.79 Å². The first-order valence-corrected chi connectivity index (χ1v) is 8.02. The molecule has 1 aromatic heterocycles. The molecule has 0 aromatic carbocycles. The maximum absolute atomic E-state index is 12.2. The number of carbonyl (C=O) groups is 1. The fraction of sp³-hybridized carbons (Fsp3) is 0.714. The van der Waals surface area contributed by atoms with E-state index in [1.165, 1.54) is 11.5 Å². The summed E-state index contributed by atoms with van der Waals surface area (Å²) in [7, 11) is 0. The quantitative estimate of drug-likeness (QED) is 0.793. The van der Waals surface area contributed by atoms with Gasteiger partial charge in [-0.1, -0.05) is 0 Å². The first-order valence-electron chi connectivity index (χ1n) is 7.25. The number of hydrogen-bond acceptors (Lipinski definition) is 6. The zero-order chi connectivity index (χ0) is 15.6. The Hall–Kier alpha value is -1.34. The van der Waals surface area contributed by atoms with Crippen molar-refractivity contribution in [3.8, 4) is 0 Å². The zero-order valence-electron chi connectivity index (χ0n) is 13.0. The molecule has 1 amide bonds. The second kappa shape index (κ2) is 6.19. The SMILES string of the molecule is CC(C)NC(=O)c1c(N)nsc1NC1CCOC(C)(C)C1. The lowest BCUT2D eigenvalue weighted by atomic mass is 9.94. The van der Waals surface area contributed by atoms with Gasteiger partial charge in [0, 0.05) is 18.7 Å². The Bertz CT molecular complexity index is 513. The molecular formula is C14H24N4O2S. The lowest BCUT2D eigenvalue weighted by Crippen LogP contribution is -2.40. The van der Waals surface area contributed by atoms with Crippen molar-refractivity contribution in [2.75, 3.05) is 17.7 Å². The molecule has 2 heterocycles. The predicted molar refractivity (Wildman–Crippen MR) is 85.8 cm³/mol. The number of aromatic nitrogens is 1. The van der Waals surface area contributed by atoms with Crippen LogP contribution in [0.5, 0.6) is 0 Å². The van der Waals surface area contributed by atoms with Crippen molar-refractivity contribution in [3.05, 3.63) is 5.56 Å². The minimum Gasteiger partial charge on any atom is -0.382 e. The smallest absolute Gasteiger partial charge is 0.258 e. The molecule has 21 heavy (non-hydrogen) atoms. The number of hydrogen-bond donors (Lipinski definition) is 3. The van der Waals surface area contributed by atoms with Crippen molar-refractivity contribution in [2.24, 2.45) is 0 Å². The van der Waals surface area contributed by atoms with E-state index in [0.29, 0.717) is 12.2 Å². The van der Waals surface area contributed by atoms with Gasteiger partial charge >= 0.3 is 0 Å². The van der Waals surface area contributed by atoms with Crippen LogP contribution in [0.4, 0.5) is 10.8 Å². The van der Waals surface area contributed by atoms with E-state index in [0.717, 1.165) is 17.8 Å². The first kappa shape index (κ1) is 16.0. The molecule has 0 radical (unpaired) electrons. The molecule has 0 spiro atoms. The van der Waals surface area contributed by atoms with Gasteiger partial charge in [0.05, 0.1) is 5.60 Å². The van der Waals surface area contributed by atoms with Gasteiger partial charge in [0.15, 0.2) is 5.82 Å². The van der Waals surface area contributed by atoms with Crippen LogP contribution in [-0.4, -0.2) is 34.6 Å². The minimum absolute atomic E-state index is 0.0617. The third-order valence-corrected chi connectivity index (χ3v) is 4.19. The Morgan fingerprint density at radius 2 is 2.24 bits per heavy atom. The standard InChI is InChI=1S/C14H24N4O2S/c1-8(2)16-12(19)10-11(15)18-21-13(10)17-9-5-6-20-14(3,4)7-9/h8-9,17H,5-7H2,1-4H3,(H2,15,18)(H,16,19). The maximum atomic E-state index is 12.2. The lowest BCUT2D eigenvalue weighted by molar-refractivity contribution is -0.0552. The molecule has 0 bridgehead atoms. The van der Waals surface area contributed by atoms with Crippen LogP contribution in [0.15, 0.2) is 0 Å². The molecule has 1 saturated heterocycles. The summed E-state index contributed by atoms with van der Waals surface area (Å²) in [5, 5.41) is 7.02. The molecule has 1 atom stereocenters. The highest BCUT2D eigenvalue weighted by Gasteiger charge is 2.30. The van der Waals surface area contributed by atoms with E-state index in [1.54, 1.807) is 0 Å². The Morgan fingerprint density at radius 3 is 2.86 bits per heavy atom. The number of carbonyl (C=O) groups excluding carboxylic acids is 1. The molecule has 1 aliphatic heterocycles. The van der Waals surface area contributed by atoms with Crippen LogP contribution in [0.25, 0.3) is 0 Å². The van der Waals surface area contributed by atoms with Crippen LogP contribution in [0.2, 0.25) is 0 Å².